The second-order valence-corrected chi connectivity index (χ2v) is 7.63. The van der Waals surface area contributed by atoms with Gasteiger partial charge in [-0.2, -0.15) is 0 Å². The van der Waals surface area contributed by atoms with Gasteiger partial charge in [0, 0.05) is 37.2 Å². The number of carbonyl (C=O) groups is 2. The molecule has 2 heterocycles. The molecule has 0 aromatic heterocycles. The number of nitrogens with zero attached hydrogens (tertiary/aromatic N) is 2. The maximum absolute atomic E-state index is 12.7. The van der Waals surface area contributed by atoms with Crippen molar-refractivity contribution in [1.29, 1.82) is 0 Å². The average Bonchev–Trinajstić information content (AvgIpc) is 2.74. The normalized spacial score (nSPS) is 17.9. The lowest BCUT2D eigenvalue weighted by atomic mass is 10.2. The van der Waals surface area contributed by atoms with E-state index in [4.69, 9.17) is 4.74 Å². The highest BCUT2D eigenvalue weighted by molar-refractivity contribution is 8.04. The van der Waals surface area contributed by atoms with Gasteiger partial charge >= 0.3 is 0 Å². The molecule has 7 heteroatoms. The fourth-order valence-corrected chi connectivity index (χ4v) is 4.28. The average molecular weight is 395 g/mol. The van der Waals surface area contributed by atoms with Crippen molar-refractivity contribution in [3.8, 4) is 5.75 Å². The molecule has 0 spiro atoms. The summed E-state index contributed by atoms with van der Waals surface area (Å²) < 4.78 is 5.43. The molecule has 1 saturated heterocycles. The molecule has 2 aromatic rings. The van der Waals surface area contributed by atoms with Gasteiger partial charge in [-0.25, -0.2) is 0 Å². The number of thioether (sulfide) groups is 1. The van der Waals surface area contributed by atoms with Gasteiger partial charge in [0.25, 0.3) is 5.91 Å². The minimum absolute atomic E-state index is 0.128. The third-order valence-corrected chi connectivity index (χ3v) is 5.95. The number of benzene rings is 2. The first kappa shape index (κ1) is 18.4. The van der Waals surface area contributed by atoms with E-state index < -0.39 is 0 Å². The van der Waals surface area contributed by atoms with Gasteiger partial charge in [-0.3, -0.25) is 9.59 Å². The summed E-state index contributed by atoms with van der Waals surface area (Å²) in [6, 6.07) is 15.5. The minimum atomic E-state index is -0.232. The Kier molecular flexibility index (Phi) is 5.25. The quantitative estimate of drug-likeness (QED) is 0.810. The molecule has 2 aliphatic heterocycles. The van der Waals surface area contributed by atoms with E-state index in [1.54, 1.807) is 12.0 Å². The molecule has 0 bridgehead atoms. The van der Waals surface area contributed by atoms with Gasteiger partial charge in [0.15, 0.2) is 0 Å². The monoisotopic (exact) mass is 395 g/mol. The first-order valence-electron chi connectivity index (χ1n) is 9.12. The maximum Gasteiger partial charge on any atom is 0.262 e. The van der Waals surface area contributed by atoms with Crippen LogP contribution in [0.1, 0.15) is 0 Å². The number of fused-ring (bicyclic) bond motifs is 1. The van der Waals surface area contributed by atoms with Crippen molar-refractivity contribution in [2.75, 3.05) is 43.5 Å². The molecule has 0 radical (unpaired) electrons. The van der Waals surface area contributed by atoms with Crippen LogP contribution in [-0.2, 0) is 9.59 Å². The molecule has 2 amide bonds. The predicted octanol–water partition coefficient (Wildman–Crippen LogP) is 2.97. The zero-order chi connectivity index (χ0) is 19.5. The zero-order valence-electron chi connectivity index (χ0n) is 15.6. The van der Waals surface area contributed by atoms with Crippen LogP contribution >= 0.6 is 11.8 Å². The van der Waals surface area contributed by atoms with Gasteiger partial charge in [-0.1, -0.05) is 36.0 Å². The molecular formula is C21H21N3O3S. The number of rotatable bonds is 3. The van der Waals surface area contributed by atoms with Gasteiger partial charge < -0.3 is 19.9 Å². The number of para-hydroxylation sites is 3. The van der Waals surface area contributed by atoms with E-state index in [-0.39, 0.29) is 11.8 Å². The van der Waals surface area contributed by atoms with Gasteiger partial charge in [-0.15, -0.1) is 0 Å². The second kappa shape index (κ2) is 7.98. The molecule has 0 atom stereocenters. The summed E-state index contributed by atoms with van der Waals surface area (Å²) in [6.45, 7) is 2.64. The molecule has 2 aromatic carbocycles. The van der Waals surface area contributed by atoms with Crippen molar-refractivity contribution < 1.29 is 14.3 Å². The largest absolute Gasteiger partial charge is 0.495 e. The molecule has 144 valence electrons. The second-order valence-electron chi connectivity index (χ2n) is 6.55. The summed E-state index contributed by atoms with van der Waals surface area (Å²) >= 11 is 1.33. The molecule has 0 saturated carbocycles. The van der Waals surface area contributed by atoms with Crippen LogP contribution in [0.3, 0.4) is 0 Å². The smallest absolute Gasteiger partial charge is 0.262 e. The topological polar surface area (TPSA) is 61.9 Å². The van der Waals surface area contributed by atoms with Gasteiger partial charge in [0.1, 0.15) is 5.75 Å². The molecule has 6 nitrogen and oxygen atoms in total. The van der Waals surface area contributed by atoms with E-state index in [1.807, 2.05) is 48.5 Å². The third-order valence-electron chi connectivity index (χ3n) is 4.85. The van der Waals surface area contributed by atoms with E-state index in [1.165, 1.54) is 17.8 Å². The first-order chi connectivity index (χ1) is 13.7. The van der Waals surface area contributed by atoms with Gasteiger partial charge in [-0.05, 0) is 24.3 Å². The van der Waals surface area contributed by atoms with E-state index >= 15 is 0 Å². The molecule has 0 unspecified atom stereocenters. The van der Waals surface area contributed by atoms with Crippen LogP contribution < -0.4 is 15.0 Å². The van der Waals surface area contributed by atoms with Crippen LogP contribution in [0.5, 0.6) is 5.75 Å². The Balaban J connectivity index is 1.42. The molecule has 1 N–H and O–H groups in total. The van der Waals surface area contributed by atoms with Crippen LogP contribution in [0, 0.1) is 0 Å². The van der Waals surface area contributed by atoms with Crippen LogP contribution in [-0.4, -0.2) is 50.0 Å². The van der Waals surface area contributed by atoms with Crippen LogP contribution in [0.15, 0.2) is 64.4 Å². The van der Waals surface area contributed by atoms with Crippen molar-refractivity contribution in [2.45, 2.75) is 4.90 Å². The number of nitrogens with one attached hydrogen (secondary N) is 1. The van der Waals surface area contributed by atoms with Gasteiger partial charge in [0.2, 0.25) is 5.91 Å². The lowest BCUT2D eigenvalue weighted by Gasteiger charge is -2.36. The molecule has 0 aliphatic carbocycles. The van der Waals surface area contributed by atoms with Gasteiger partial charge in [0.05, 0.1) is 23.4 Å². The number of methoxy groups -OCH3 is 1. The zero-order valence-corrected chi connectivity index (χ0v) is 16.4. The summed E-state index contributed by atoms with van der Waals surface area (Å²) in [5, 5.41) is 2.84. The SMILES string of the molecule is COc1ccccc1N1CCN(C(=O)C=C2Sc3ccccc3NC2=O)CC1. The van der Waals surface area contributed by atoms with Crippen molar-refractivity contribution in [3.63, 3.8) is 0 Å². The highest BCUT2D eigenvalue weighted by Gasteiger charge is 2.25. The third kappa shape index (κ3) is 3.71. The Morgan fingerprint density at radius 3 is 2.57 bits per heavy atom. The fourth-order valence-electron chi connectivity index (χ4n) is 3.36. The molecular weight excluding hydrogens is 374 g/mol. The van der Waals surface area contributed by atoms with E-state index in [2.05, 4.69) is 10.2 Å². The minimum Gasteiger partial charge on any atom is -0.495 e. The first-order valence-corrected chi connectivity index (χ1v) is 9.94. The lowest BCUT2D eigenvalue weighted by molar-refractivity contribution is -0.126. The molecule has 4 rings (SSSR count). The Bertz CT molecular complexity index is 936. The summed E-state index contributed by atoms with van der Waals surface area (Å²) in [4.78, 5) is 30.4. The number of carbonyl (C=O) groups excluding carboxylic acids is 2. The number of hydrogen-bond acceptors (Lipinski definition) is 5. The summed E-state index contributed by atoms with van der Waals surface area (Å²) in [7, 11) is 1.66. The van der Waals surface area contributed by atoms with E-state index in [0.717, 1.165) is 35.1 Å². The molecule has 28 heavy (non-hydrogen) atoms. The van der Waals surface area contributed by atoms with Crippen LogP contribution in [0.4, 0.5) is 11.4 Å². The van der Waals surface area contributed by atoms with Crippen LogP contribution in [0.25, 0.3) is 0 Å². The summed E-state index contributed by atoms with van der Waals surface area (Å²) in [5.74, 6) is 0.472. The maximum atomic E-state index is 12.7. The van der Waals surface area contributed by atoms with Crippen molar-refractivity contribution in [2.24, 2.45) is 0 Å². The molecule has 1 fully saturated rings. The summed E-state index contributed by atoms with van der Waals surface area (Å²) in [5.41, 5.74) is 1.82. The highest BCUT2D eigenvalue weighted by atomic mass is 32.2. The Morgan fingerprint density at radius 1 is 1.07 bits per heavy atom. The lowest BCUT2D eigenvalue weighted by Crippen LogP contribution is -2.48. The summed E-state index contributed by atoms with van der Waals surface area (Å²) in [6.07, 6.45) is 1.45. The van der Waals surface area contributed by atoms with E-state index in [9.17, 15) is 9.59 Å². The van der Waals surface area contributed by atoms with Crippen molar-refractivity contribution in [1.82, 2.24) is 4.90 Å². The fraction of sp³-hybridized carbons (Fsp3) is 0.238. The van der Waals surface area contributed by atoms with Crippen LogP contribution in [0.2, 0.25) is 0 Å². The number of anilines is 2. The van der Waals surface area contributed by atoms with E-state index in [0.29, 0.717) is 18.0 Å². The Labute approximate surface area is 168 Å². The predicted molar refractivity (Wildman–Crippen MR) is 111 cm³/mol. The number of piperazine rings is 1. The molecule has 2 aliphatic rings. The highest BCUT2D eigenvalue weighted by Crippen LogP contribution is 2.37. The Morgan fingerprint density at radius 2 is 1.79 bits per heavy atom. The number of ether oxygens (including phenoxy) is 1. The standard InChI is InChI=1S/C21H21N3O3S/c1-27-17-8-4-3-7-16(17)23-10-12-24(13-11-23)20(25)14-19-21(26)22-15-6-2-5-9-18(15)28-19/h2-9,14H,10-13H2,1H3,(H,22,26). The number of amides is 2. The number of hydrogen-bond donors (Lipinski definition) is 1. The van der Waals surface area contributed by atoms with Crippen molar-refractivity contribution >= 4 is 35.0 Å². The Hall–Kier alpha value is -2.93. The van der Waals surface area contributed by atoms with Crippen molar-refractivity contribution in [3.05, 3.63) is 59.5 Å².